The first kappa shape index (κ1) is 18.2. The Hall–Kier alpha value is -0.630. The van der Waals surface area contributed by atoms with Gasteiger partial charge in [0, 0.05) is 50.0 Å². The lowest BCUT2D eigenvalue weighted by Crippen LogP contribution is -2.54. The fourth-order valence-electron chi connectivity index (χ4n) is 3.57. The standard InChI is InChI=1S/C17H25BrN2O3S/c1-23-17(14-19-10-12-24(21,22)13-11-19)6-8-20(9-7-17)16-4-2-15(18)3-5-16/h2-5H,6-14H2,1H3. The smallest absolute Gasteiger partial charge is 0.152 e. The average Bonchev–Trinajstić information content (AvgIpc) is 2.58. The van der Waals surface area contributed by atoms with Gasteiger partial charge in [-0.2, -0.15) is 0 Å². The van der Waals surface area contributed by atoms with Crippen molar-refractivity contribution in [1.29, 1.82) is 0 Å². The van der Waals surface area contributed by atoms with Crippen molar-refractivity contribution in [1.82, 2.24) is 4.90 Å². The van der Waals surface area contributed by atoms with Crippen LogP contribution in [0.4, 0.5) is 5.69 Å². The Labute approximate surface area is 153 Å². The van der Waals surface area contributed by atoms with Gasteiger partial charge in [0.1, 0.15) is 0 Å². The van der Waals surface area contributed by atoms with E-state index in [0.717, 1.165) is 36.9 Å². The number of anilines is 1. The van der Waals surface area contributed by atoms with E-state index in [2.05, 4.69) is 50.0 Å². The molecule has 2 fully saturated rings. The summed E-state index contributed by atoms with van der Waals surface area (Å²) in [6.07, 6.45) is 1.92. The van der Waals surface area contributed by atoms with Gasteiger partial charge in [-0.25, -0.2) is 8.42 Å². The maximum absolute atomic E-state index is 11.6. The summed E-state index contributed by atoms with van der Waals surface area (Å²) in [7, 11) is -1.04. The van der Waals surface area contributed by atoms with Crippen LogP contribution in [-0.4, -0.2) is 70.3 Å². The minimum Gasteiger partial charge on any atom is -0.377 e. The highest BCUT2D eigenvalue weighted by Gasteiger charge is 2.37. The second kappa shape index (κ2) is 7.32. The molecule has 0 bridgehead atoms. The predicted molar refractivity (Wildman–Crippen MR) is 100 cm³/mol. The maximum Gasteiger partial charge on any atom is 0.152 e. The number of methoxy groups -OCH3 is 1. The molecule has 5 nitrogen and oxygen atoms in total. The molecular formula is C17H25BrN2O3S. The monoisotopic (exact) mass is 416 g/mol. The summed E-state index contributed by atoms with van der Waals surface area (Å²) in [6, 6.07) is 8.42. The number of hydrogen-bond acceptors (Lipinski definition) is 5. The van der Waals surface area contributed by atoms with Gasteiger partial charge >= 0.3 is 0 Å². The van der Waals surface area contributed by atoms with Gasteiger partial charge in [-0.3, -0.25) is 4.90 Å². The molecule has 0 amide bonds. The van der Waals surface area contributed by atoms with Crippen molar-refractivity contribution in [3.8, 4) is 0 Å². The number of halogens is 1. The zero-order valence-corrected chi connectivity index (χ0v) is 16.5. The molecule has 3 rings (SSSR count). The van der Waals surface area contributed by atoms with Crippen molar-refractivity contribution >= 4 is 31.5 Å². The molecular weight excluding hydrogens is 392 g/mol. The molecule has 2 heterocycles. The number of ether oxygens (including phenoxy) is 1. The Bertz CT molecular complexity index is 641. The number of rotatable bonds is 4. The van der Waals surface area contributed by atoms with Crippen molar-refractivity contribution < 1.29 is 13.2 Å². The van der Waals surface area contributed by atoms with Crippen molar-refractivity contribution in [3.05, 3.63) is 28.7 Å². The molecule has 0 N–H and O–H groups in total. The van der Waals surface area contributed by atoms with Crippen LogP contribution in [-0.2, 0) is 14.6 Å². The molecule has 0 spiro atoms. The van der Waals surface area contributed by atoms with Crippen molar-refractivity contribution in [2.24, 2.45) is 0 Å². The molecule has 1 aromatic rings. The molecule has 0 saturated carbocycles. The molecule has 7 heteroatoms. The lowest BCUT2D eigenvalue weighted by atomic mass is 9.90. The van der Waals surface area contributed by atoms with E-state index in [9.17, 15) is 8.42 Å². The molecule has 2 aliphatic heterocycles. The third-order valence-corrected chi connectivity index (χ3v) is 7.39. The fourth-order valence-corrected chi connectivity index (χ4v) is 5.11. The molecule has 2 saturated heterocycles. The highest BCUT2D eigenvalue weighted by molar-refractivity contribution is 9.10. The van der Waals surface area contributed by atoms with Crippen LogP contribution in [0.25, 0.3) is 0 Å². The summed E-state index contributed by atoms with van der Waals surface area (Å²) in [5.41, 5.74) is 1.08. The third kappa shape index (κ3) is 4.31. The Balaban J connectivity index is 1.59. The minimum absolute atomic E-state index is 0.160. The van der Waals surface area contributed by atoms with Gasteiger partial charge in [-0.05, 0) is 37.1 Å². The van der Waals surface area contributed by atoms with E-state index in [-0.39, 0.29) is 17.1 Å². The molecule has 134 valence electrons. The van der Waals surface area contributed by atoms with E-state index >= 15 is 0 Å². The minimum atomic E-state index is -2.83. The molecule has 0 aliphatic carbocycles. The van der Waals surface area contributed by atoms with Crippen molar-refractivity contribution in [2.45, 2.75) is 18.4 Å². The lowest BCUT2D eigenvalue weighted by Gasteiger charge is -2.44. The zero-order valence-electron chi connectivity index (χ0n) is 14.1. The highest BCUT2D eigenvalue weighted by Crippen LogP contribution is 2.30. The van der Waals surface area contributed by atoms with Crippen LogP contribution in [0.5, 0.6) is 0 Å². The van der Waals surface area contributed by atoms with Crippen LogP contribution < -0.4 is 4.90 Å². The molecule has 24 heavy (non-hydrogen) atoms. The maximum atomic E-state index is 11.6. The zero-order chi connectivity index (χ0) is 17.2. The lowest BCUT2D eigenvalue weighted by molar-refractivity contribution is -0.0520. The summed E-state index contributed by atoms with van der Waals surface area (Å²) in [5, 5.41) is 0. The first-order valence-electron chi connectivity index (χ1n) is 8.40. The summed E-state index contributed by atoms with van der Waals surface area (Å²) in [4.78, 5) is 4.64. The summed E-state index contributed by atoms with van der Waals surface area (Å²) >= 11 is 3.48. The van der Waals surface area contributed by atoms with E-state index in [0.29, 0.717) is 13.1 Å². The van der Waals surface area contributed by atoms with E-state index < -0.39 is 9.84 Å². The molecule has 0 aromatic heterocycles. The Morgan fingerprint density at radius 1 is 1.08 bits per heavy atom. The molecule has 2 aliphatic rings. The summed E-state index contributed by atoms with van der Waals surface area (Å²) in [5.74, 6) is 0.551. The van der Waals surface area contributed by atoms with Crippen molar-refractivity contribution in [3.63, 3.8) is 0 Å². The second-order valence-electron chi connectivity index (χ2n) is 6.78. The Kier molecular flexibility index (Phi) is 5.54. The van der Waals surface area contributed by atoms with E-state index in [1.54, 1.807) is 7.11 Å². The largest absolute Gasteiger partial charge is 0.377 e. The molecule has 0 unspecified atom stereocenters. The summed E-state index contributed by atoms with van der Waals surface area (Å²) in [6.45, 7) is 4.00. The number of sulfone groups is 1. The van der Waals surface area contributed by atoms with Gasteiger partial charge in [0.25, 0.3) is 0 Å². The normalized spacial score (nSPS) is 24.0. The van der Waals surface area contributed by atoms with E-state index in [1.807, 2.05) is 0 Å². The number of benzene rings is 1. The van der Waals surface area contributed by atoms with Crippen LogP contribution in [0.2, 0.25) is 0 Å². The van der Waals surface area contributed by atoms with Crippen LogP contribution in [0.15, 0.2) is 28.7 Å². The Morgan fingerprint density at radius 2 is 1.67 bits per heavy atom. The van der Waals surface area contributed by atoms with Crippen molar-refractivity contribution in [2.75, 3.05) is 56.2 Å². The quantitative estimate of drug-likeness (QED) is 0.752. The molecule has 0 atom stereocenters. The number of hydrogen-bond donors (Lipinski definition) is 0. The van der Waals surface area contributed by atoms with Crippen LogP contribution >= 0.6 is 15.9 Å². The highest BCUT2D eigenvalue weighted by atomic mass is 79.9. The summed E-state index contributed by atoms with van der Waals surface area (Å²) < 4.78 is 30.2. The van der Waals surface area contributed by atoms with E-state index in [1.165, 1.54) is 5.69 Å². The van der Waals surface area contributed by atoms with E-state index in [4.69, 9.17) is 4.74 Å². The second-order valence-corrected chi connectivity index (χ2v) is 10.00. The average molecular weight is 417 g/mol. The topological polar surface area (TPSA) is 49.9 Å². The van der Waals surface area contributed by atoms with Gasteiger partial charge in [-0.1, -0.05) is 15.9 Å². The Morgan fingerprint density at radius 3 is 2.21 bits per heavy atom. The van der Waals surface area contributed by atoms with Gasteiger partial charge in [0.05, 0.1) is 17.1 Å². The van der Waals surface area contributed by atoms with Gasteiger partial charge in [0.2, 0.25) is 0 Å². The first-order valence-corrected chi connectivity index (χ1v) is 11.0. The van der Waals surface area contributed by atoms with Crippen LogP contribution in [0, 0.1) is 0 Å². The van der Waals surface area contributed by atoms with Gasteiger partial charge in [-0.15, -0.1) is 0 Å². The molecule has 0 radical (unpaired) electrons. The third-order valence-electron chi connectivity index (χ3n) is 5.25. The number of nitrogens with zero attached hydrogens (tertiary/aromatic N) is 2. The van der Waals surface area contributed by atoms with Gasteiger partial charge < -0.3 is 9.64 Å². The van der Waals surface area contributed by atoms with Crippen LogP contribution in [0.3, 0.4) is 0 Å². The fraction of sp³-hybridized carbons (Fsp3) is 0.647. The number of piperidine rings is 1. The van der Waals surface area contributed by atoms with Gasteiger partial charge in [0.15, 0.2) is 9.84 Å². The SMILES string of the molecule is COC1(CN2CCS(=O)(=O)CC2)CCN(c2ccc(Br)cc2)CC1. The van der Waals surface area contributed by atoms with Crippen LogP contribution in [0.1, 0.15) is 12.8 Å². The molecule has 1 aromatic carbocycles. The first-order chi connectivity index (χ1) is 11.4. The predicted octanol–water partition coefficient (Wildman–Crippen LogP) is 2.16.